The first-order chi connectivity index (χ1) is 7.20. The van der Waals surface area contributed by atoms with Gasteiger partial charge in [-0.15, -0.1) is 11.6 Å². The van der Waals surface area contributed by atoms with Crippen LogP contribution in [-0.2, 0) is 0 Å². The van der Waals surface area contributed by atoms with E-state index in [-0.39, 0.29) is 16.9 Å². The van der Waals surface area contributed by atoms with Crippen molar-refractivity contribution < 1.29 is 9.13 Å². The summed E-state index contributed by atoms with van der Waals surface area (Å²) in [5, 5.41) is 0.0881. The molecule has 0 fully saturated rings. The van der Waals surface area contributed by atoms with Crippen molar-refractivity contribution in [1.29, 1.82) is 0 Å². The smallest absolute Gasteiger partial charge is 0.165 e. The maximum absolute atomic E-state index is 13.4. The number of alkyl halides is 1. The van der Waals surface area contributed by atoms with Crippen molar-refractivity contribution in [2.24, 2.45) is 0 Å². The third kappa shape index (κ3) is 2.15. The highest BCUT2D eigenvalue weighted by atomic mass is 35.5. The molecule has 0 saturated carbocycles. The zero-order chi connectivity index (χ0) is 10.8. The molecule has 1 aromatic carbocycles. The molecule has 80 valence electrons. The minimum Gasteiger partial charge on any atom is -0.494 e. The van der Waals surface area contributed by atoms with Crippen LogP contribution in [0, 0.1) is 5.82 Å². The topological polar surface area (TPSA) is 9.23 Å². The summed E-state index contributed by atoms with van der Waals surface area (Å²) in [6.45, 7) is 0. The zero-order valence-electron chi connectivity index (χ0n) is 8.47. The van der Waals surface area contributed by atoms with Crippen LogP contribution < -0.4 is 4.74 Å². The monoisotopic (exact) mass is 226 g/mol. The first-order valence-corrected chi connectivity index (χ1v) is 5.33. The van der Waals surface area contributed by atoms with Crippen LogP contribution in [0.25, 0.3) is 5.57 Å². The standard InChI is InChI=1S/C12H12ClFO/c1-15-12-5-3-9(7-11(12)14)8-2-4-10(13)6-8/h3,5-7,10H,2,4H2,1H3. The summed E-state index contributed by atoms with van der Waals surface area (Å²) in [6.07, 6.45) is 3.84. The SMILES string of the molecule is COc1ccc(C2=CC(Cl)CC2)cc1F. The highest BCUT2D eigenvalue weighted by Gasteiger charge is 2.15. The summed E-state index contributed by atoms with van der Waals surface area (Å²) in [6, 6.07) is 5.01. The lowest BCUT2D eigenvalue weighted by Gasteiger charge is -2.05. The first kappa shape index (κ1) is 10.5. The molecule has 0 amide bonds. The van der Waals surface area contributed by atoms with E-state index in [0.717, 1.165) is 24.0 Å². The second-order valence-corrected chi connectivity index (χ2v) is 4.16. The number of rotatable bonds is 2. The van der Waals surface area contributed by atoms with Gasteiger partial charge >= 0.3 is 0 Å². The lowest BCUT2D eigenvalue weighted by Crippen LogP contribution is -1.89. The van der Waals surface area contributed by atoms with E-state index >= 15 is 0 Å². The van der Waals surface area contributed by atoms with E-state index in [1.165, 1.54) is 13.2 Å². The number of methoxy groups -OCH3 is 1. The van der Waals surface area contributed by atoms with Crippen molar-refractivity contribution >= 4 is 17.2 Å². The van der Waals surface area contributed by atoms with E-state index < -0.39 is 0 Å². The van der Waals surface area contributed by atoms with Crippen LogP contribution in [0.4, 0.5) is 4.39 Å². The lowest BCUT2D eigenvalue weighted by atomic mass is 10.1. The van der Waals surface area contributed by atoms with E-state index in [4.69, 9.17) is 16.3 Å². The molecule has 0 aliphatic heterocycles. The van der Waals surface area contributed by atoms with Crippen LogP contribution in [0.1, 0.15) is 18.4 Å². The molecule has 0 N–H and O–H groups in total. The van der Waals surface area contributed by atoms with Crippen molar-refractivity contribution in [2.45, 2.75) is 18.2 Å². The molecule has 1 unspecified atom stereocenters. The lowest BCUT2D eigenvalue weighted by molar-refractivity contribution is 0.386. The van der Waals surface area contributed by atoms with Crippen LogP contribution in [0.15, 0.2) is 24.3 Å². The minimum atomic E-state index is -0.325. The van der Waals surface area contributed by atoms with Gasteiger partial charge < -0.3 is 4.74 Å². The number of ether oxygens (including phenoxy) is 1. The molecular weight excluding hydrogens is 215 g/mol. The van der Waals surface area contributed by atoms with Gasteiger partial charge in [0, 0.05) is 0 Å². The molecule has 0 saturated heterocycles. The molecule has 0 spiro atoms. The molecule has 1 atom stereocenters. The molecule has 1 aliphatic rings. The second kappa shape index (κ2) is 4.23. The number of benzene rings is 1. The van der Waals surface area contributed by atoms with Gasteiger partial charge in [0.1, 0.15) is 0 Å². The molecule has 0 bridgehead atoms. The number of allylic oxidation sites excluding steroid dienone is 2. The number of hydrogen-bond donors (Lipinski definition) is 0. The molecule has 15 heavy (non-hydrogen) atoms. The third-order valence-electron chi connectivity index (χ3n) is 2.59. The van der Waals surface area contributed by atoms with Gasteiger partial charge in [-0.1, -0.05) is 12.1 Å². The fourth-order valence-corrected chi connectivity index (χ4v) is 2.05. The summed E-state index contributed by atoms with van der Waals surface area (Å²) in [5.74, 6) is -0.0475. The second-order valence-electron chi connectivity index (χ2n) is 3.60. The van der Waals surface area contributed by atoms with E-state index in [9.17, 15) is 4.39 Å². The van der Waals surface area contributed by atoms with E-state index in [2.05, 4.69) is 0 Å². The summed E-state index contributed by atoms with van der Waals surface area (Å²) in [7, 11) is 1.46. The zero-order valence-corrected chi connectivity index (χ0v) is 9.22. The fraction of sp³-hybridized carbons (Fsp3) is 0.333. The molecular formula is C12H12ClFO. The van der Waals surface area contributed by atoms with Gasteiger partial charge in [-0.25, -0.2) is 4.39 Å². The van der Waals surface area contributed by atoms with Crippen LogP contribution in [0.3, 0.4) is 0 Å². The van der Waals surface area contributed by atoms with Gasteiger partial charge in [0.2, 0.25) is 0 Å². The van der Waals surface area contributed by atoms with Crippen molar-refractivity contribution in [3.63, 3.8) is 0 Å². The van der Waals surface area contributed by atoms with Crippen molar-refractivity contribution in [3.05, 3.63) is 35.7 Å². The van der Waals surface area contributed by atoms with Crippen LogP contribution in [0.2, 0.25) is 0 Å². The van der Waals surface area contributed by atoms with Crippen molar-refractivity contribution in [3.8, 4) is 5.75 Å². The Morgan fingerprint density at radius 1 is 1.47 bits per heavy atom. The summed E-state index contributed by atoms with van der Waals surface area (Å²) >= 11 is 5.96. The van der Waals surface area contributed by atoms with Gasteiger partial charge in [0.15, 0.2) is 11.6 Å². The van der Waals surface area contributed by atoms with Gasteiger partial charge in [-0.05, 0) is 36.1 Å². The molecule has 0 radical (unpaired) electrons. The van der Waals surface area contributed by atoms with Gasteiger partial charge in [0.05, 0.1) is 12.5 Å². The Balaban J connectivity index is 2.30. The van der Waals surface area contributed by atoms with Gasteiger partial charge in [-0.2, -0.15) is 0 Å². The molecule has 1 aromatic rings. The number of hydrogen-bond acceptors (Lipinski definition) is 1. The Morgan fingerprint density at radius 3 is 2.80 bits per heavy atom. The van der Waals surface area contributed by atoms with E-state index in [0.29, 0.717) is 0 Å². The quantitative estimate of drug-likeness (QED) is 0.700. The molecule has 1 aliphatic carbocycles. The van der Waals surface area contributed by atoms with Crippen molar-refractivity contribution in [1.82, 2.24) is 0 Å². The fourth-order valence-electron chi connectivity index (χ4n) is 1.79. The Labute approximate surface area is 93.5 Å². The summed E-state index contributed by atoms with van der Waals surface area (Å²) < 4.78 is 18.3. The average Bonchev–Trinajstić information content (AvgIpc) is 2.65. The highest BCUT2D eigenvalue weighted by Crippen LogP contribution is 2.32. The van der Waals surface area contributed by atoms with E-state index in [1.54, 1.807) is 6.07 Å². The predicted molar refractivity (Wildman–Crippen MR) is 59.8 cm³/mol. The van der Waals surface area contributed by atoms with E-state index in [1.807, 2.05) is 12.1 Å². The maximum atomic E-state index is 13.4. The summed E-state index contributed by atoms with van der Waals surface area (Å²) in [5.41, 5.74) is 2.02. The normalized spacial score (nSPS) is 20.2. The largest absolute Gasteiger partial charge is 0.494 e. The Morgan fingerprint density at radius 2 is 2.27 bits per heavy atom. The van der Waals surface area contributed by atoms with Crippen LogP contribution in [0.5, 0.6) is 5.75 Å². The molecule has 0 heterocycles. The first-order valence-electron chi connectivity index (χ1n) is 4.89. The van der Waals surface area contributed by atoms with Crippen LogP contribution in [-0.4, -0.2) is 12.5 Å². The minimum absolute atomic E-state index is 0.0881. The molecule has 3 heteroatoms. The van der Waals surface area contributed by atoms with Crippen molar-refractivity contribution in [2.75, 3.05) is 7.11 Å². The number of halogens is 2. The van der Waals surface area contributed by atoms with Crippen LogP contribution >= 0.6 is 11.6 Å². The van der Waals surface area contributed by atoms with Gasteiger partial charge in [0.25, 0.3) is 0 Å². The third-order valence-corrected chi connectivity index (χ3v) is 2.94. The molecule has 0 aromatic heterocycles. The molecule has 2 rings (SSSR count). The Hall–Kier alpha value is -1.02. The highest BCUT2D eigenvalue weighted by molar-refractivity contribution is 6.22. The maximum Gasteiger partial charge on any atom is 0.165 e. The summed E-state index contributed by atoms with van der Waals surface area (Å²) in [4.78, 5) is 0. The average molecular weight is 227 g/mol. The van der Waals surface area contributed by atoms with Gasteiger partial charge in [-0.3, -0.25) is 0 Å². The Bertz CT molecular complexity index is 401. The molecule has 1 nitrogen and oxygen atoms in total. The predicted octanol–water partition coefficient (Wildman–Crippen LogP) is 3.62. The Kier molecular flexibility index (Phi) is 2.96.